The summed E-state index contributed by atoms with van der Waals surface area (Å²) in [5.74, 6) is -1.70. The Hall–Kier alpha value is -4.63. The van der Waals surface area contributed by atoms with Gasteiger partial charge in [0.2, 0.25) is 11.8 Å². The van der Waals surface area contributed by atoms with Gasteiger partial charge in [-0.1, -0.05) is 99.5 Å². The molecule has 9 heteroatoms. The lowest BCUT2D eigenvalue weighted by Crippen LogP contribution is -2.45. The Morgan fingerprint density at radius 1 is 0.863 bits per heavy atom. The molecule has 0 radical (unpaired) electrons. The minimum Gasteiger partial charge on any atom is -0.356 e. The molecule has 2 aliphatic heterocycles. The van der Waals surface area contributed by atoms with Crippen LogP contribution in [0.25, 0.3) is 0 Å². The van der Waals surface area contributed by atoms with Gasteiger partial charge in [0.15, 0.2) is 0 Å². The molecular formula is C42H53N5O4. The average molecular weight is 692 g/mol. The summed E-state index contributed by atoms with van der Waals surface area (Å²) in [5, 5.41) is 17.6. The van der Waals surface area contributed by atoms with Gasteiger partial charge in [0.1, 0.15) is 0 Å². The van der Waals surface area contributed by atoms with Crippen LogP contribution in [0.3, 0.4) is 0 Å². The SMILES string of the molecule is CCCCCC1=C(C(=O)NCCCN2CCC(c3ccccc3)(c3ccccc3)CC2)C(c2ccc([N+](=O)[O-])cc2)C(C(=O)NCC)C(CC)=N1. The number of non-ortho nitro benzene ring substituents is 1. The van der Waals surface area contributed by atoms with E-state index >= 15 is 0 Å². The Labute approximate surface area is 302 Å². The minimum atomic E-state index is -0.685. The van der Waals surface area contributed by atoms with Crippen molar-refractivity contribution in [3.63, 3.8) is 0 Å². The van der Waals surface area contributed by atoms with Crippen molar-refractivity contribution in [2.24, 2.45) is 10.9 Å². The lowest BCUT2D eigenvalue weighted by Gasteiger charge is -2.43. The number of aliphatic imine (C=N–C) groups is 1. The quantitative estimate of drug-likeness (QED) is 0.0907. The molecule has 0 saturated carbocycles. The third-order valence-electron chi connectivity index (χ3n) is 10.6. The second-order valence-corrected chi connectivity index (χ2v) is 13.7. The van der Waals surface area contributed by atoms with Crippen molar-refractivity contribution in [2.45, 2.75) is 83.5 Å². The molecule has 2 N–H and O–H groups in total. The Balaban J connectivity index is 1.33. The number of nitrogens with one attached hydrogen (secondary N) is 2. The number of piperidine rings is 1. The van der Waals surface area contributed by atoms with Crippen LogP contribution in [0.2, 0.25) is 0 Å². The van der Waals surface area contributed by atoms with Crippen molar-refractivity contribution in [1.29, 1.82) is 0 Å². The van der Waals surface area contributed by atoms with E-state index in [1.807, 2.05) is 13.8 Å². The summed E-state index contributed by atoms with van der Waals surface area (Å²) in [5.41, 5.74) is 5.33. The number of benzene rings is 3. The fourth-order valence-electron chi connectivity index (χ4n) is 7.91. The van der Waals surface area contributed by atoms with Crippen LogP contribution in [0.4, 0.5) is 5.69 Å². The van der Waals surface area contributed by atoms with E-state index in [9.17, 15) is 19.7 Å². The highest BCUT2D eigenvalue weighted by atomic mass is 16.6. The van der Waals surface area contributed by atoms with Crippen molar-refractivity contribution >= 4 is 23.2 Å². The van der Waals surface area contributed by atoms with Crippen LogP contribution in [0, 0.1) is 16.0 Å². The van der Waals surface area contributed by atoms with Crippen LogP contribution in [-0.4, -0.2) is 60.1 Å². The first kappa shape index (κ1) is 37.6. The van der Waals surface area contributed by atoms with Crippen molar-refractivity contribution < 1.29 is 14.5 Å². The van der Waals surface area contributed by atoms with Gasteiger partial charge < -0.3 is 15.5 Å². The summed E-state index contributed by atoms with van der Waals surface area (Å²) in [7, 11) is 0. The zero-order valence-corrected chi connectivity index (χ0v) is 30.4. The number of nitro groups is 1. The normalized spacial score (nSPS) is 18.9. The van der Waals surface area contributed by atoms with Crippen LogP contribution in [-0.2, 0) is 15.0 Å². The molecule has 2 atom stereocenters. The molecule has 0 spiro atoms. The molecule has 0 aromatic heterocycles. The number of allylic oxidation sites excluding steroid dienone is 1. The lowest BCUT2D eigenvalue weighted by molar-refractivity contribution is -0.384. The number of carbonyl (C=O) groups is 2. The van der Waals surface area contributed by atoms with E-state index in [0.717, 1.165) is 69.6 Å². The topological polar surface area (TPSA) is 117 Å². The Morgan fingerprint density at radius 3 is 2.04 bits per heavy atom. The smallest absolute Gasteiger partial charge is 0.269 e. The number of unbranched alkanes of at least 4 members (excludes halogenated alkanes) is 2. The van der Waals surface area contributed by atoms with E-state index in [0.29, 0.717) is 37.1 Å². The van der Waals surface area contributed by atoms with E-state index in [2.05, 4.69) is 83.1 Å². The van der Waals surface area contributed by atoms with Gasteiger partial charge >= 0.3 is 0 Å². The number of likely N-dealkylation sites (tertiary alicyclic amines) is 1. The first-order chi connectivity index (χ1) is 24.8. The molecule has 270 valence electrons. The second-order valence-electron chi connectivity index (χ2n) is 13.7. The zero-order valence-electron chi connectivity index (χ0n) is 30.4. The predicted octanol–water partition coefficient (Wildman–Crippen LogP) is 7.72. The lowest BCUT2D eigenvalue weighted by atomic mass is 9.68. The number of amides is 2. The molecule has 2 aliphatic rings. The largest absolute Gasteiger partial charge is 0.356 e. The van der Waals surface area contributed by atoms with E-state index < -0.39 is 16.8 Å². The van der Waals surface area contributed by atoms with Crippen LogP contribution >= 0.6 is 0 Å². The van der Waals surface area contributed by atoms with Gasteiger partial charge in [-0.15, -0.1) is 0 Å². The van der Waals surface area contributed by atoms with Gasteiger partial charge in [-0.25, -0.2) is 0 Å². The van der Waals surface area contributed by atoms with Gasteiger partial charge in [-0.2, -0.15) is 0 Å². The Bertz CT molecular complexity index is 1640. The Morgan fingerprint density at radius 2 is 1.49 bits per heavy atom. The fourth-order valence-corrected chi connectivity index (χ4v) is 7.91. The first-order valence-electron chi connectivity index (χ1n) is 18.8. The van der Waals surface area contributed by atoms with Crippen LogP contribution in [0.15, 0.2) is 101 Å². The highest BCUT2D eigenvalue weighted by molar-refractivity contribution is 6.10. The molecule has 0 bridgehead atoms. The highest BCUT2D eigenvalue weighted by Crippen LogP contribution is 2.43. The van der Waals surface area contributed by atoms with Gasteiger partial charge in [-0.05, 0) is 81.8 Å². The molecule has 2 amide bonds. The molecule has 2 unspecified atom stereocenters. The van der Waals surface area contributed by atoms with Gasteiger partial charge in [0, 0.05) is 53.5 Å². The third kappa shape index (κ3) is 8.82. The van der Waals surface area contributed by atoms with E-state index in [4.69, 9.17) is 4.99 Å². The summed E-state index contributed by atoms with van der Waals surface area (Å²) in [6.45, 7) is 9.74. The minimum absolute atomic E-state index is 0.0137. The number of carbonyl (C=O) groups excluding carboxylic acids is 2. The predicted molar refractivity (Wildman–Crippen MR) is 204 cm³/mol. The summed E-state index contributed by atoms with van der Waals surface area (Å²) < 4.78 is 0. The summed E-state index contributed by atoms with van der Waals surface area (Å²) in [4.78, 5) is 46.5. The van der Waals surface area contributed by atoms with Crippen molar-refractivity contribution in [1.82, 2.24) is 15.5 Å². The molecule has 2 heterocycles. The molecule has 9 nitrogen and oxygen atoms in total. The zero-order chi connectivity index (χ0) is 36.2. The molecule has 1 fully saturated rings. The number of nitrogens with zero attached hydrogens (tertiary/aromatic N) is 3. The second kappa shape index (κ2) is 18.0. The Kier molecular flexibility index (Phi) is 13.3. The highest BCUT2D eigenvalue weighted by Gasteiger charge is 2.42. The number of rotatable bonds is 16. The molecule has 0 aliphatic carbocycles. The number of nitro benzene ring substituents is 1. The third-order valence-corrected chi connectivity index (χ3v) is 10.6. The van der Waals surface area contributed by atoms with Gasteiger partial charge in [0.25, 0.3) is 5.69 Å². The standard InChI is InChI=1S/C42H53N5O4/c1-4-7-10-20-36-39(37(31-21-23-34(24-22-31)47(50)51)38(35(5-2)45-36)40(48)43-6-3)41(49)44-27-15-28-46-29-25-42(26-30-46,32-16-11-8-12-17-32)33-18-13-9-14-19-33/h8-9,11-14,16-19,21-24,37-38H,4-7,10,15,20,25-30H2,1-3H3,(H,43,48)(H,44,49). The van der Waals surface area contributed by atoms with Crippen molar-refractivity contribution in [2.75, 3.05) is 32.7 Å². The van der Waals surface area contributed by atoms with E-state index in [-0.39, 0.29) is 22.9 Å². The summed E-state index contributed by atoms with van der Waals surface area (Å²) in [6.07, 6.45) is 6.94. The maximum Gasteiger partial charge on any atom is 0.269 e. The first-order valence-corrected chi connectivity index (χ1v) is 18.8. The monoisotopic (exact) mass is 691 g/mol. The number of hydrogen-bond acceptors (Lipinski definition) is 6. The molecule has 5 rings (SSSR count). The molecule has 1 saturated heterocycles. The van der Waals surface area contributed by atoms with Crippen molar-refractivity contribution in [3.8, 4) is 0 Å². The van der Waals surface area contributed by atoms with Crippen molar-refractivity contribution in [3.05, 3.63) is 123 Å². The van der Waals surface area contributed by atoms with Crippen LogP contribution < -0.4 is 10.6 Å². The van der Waals surface area contributed by atoms with Gasteiger partial charge in [-0.3, -0.25) is 24.7 Å². The average Bonchev–Trinajstić information content (AvgIpc) is 3.17. The summed E-state index contributed by atoms with van der Waals surface area (Å²) in [6, 6.07) is 28.0. The maximum atomic E-state index is 14.3. The molecule has 51 heavy (non-hydrogen) atoms. The number of hydrogen-bond donors (Lipinski definition) is 2. The maximum absolute atomic E-state index is 14.3. The van der Waals surface area contributed by atoms with Crippen LogP contribution in [0.5, 0.6) is 0 Å². The molecule has 3 aromatic carbocycles. The fraction of sp³-hybridized carbons (Fsp3) is 0.452. The van der Waals surface area contributed by atoms with E-state index in [1.165, 1.54) is 23.3 Å². The van der Waals surface area contributed by atoms with E-state index in [1.54, 1.807) is 12.1 Å². The van der Waals surface area contributed by atoms with Crippen LogP contribution in [0.1, 0.15) is 94.7 Å². The van der Waals surface area contributed by atoms with Gasteiger partial charge in [0.05, 0.1) is 10.8 Å². The molecular weight excluding hydrogens is 638 g/mol. The molecule has 3 aromatic rings. The summed E-state index contributed by atoms with van der Waals surface area (Å²) >= 11 is 0.